The van der Waals surface area contributed by atoms with E-state index in [1.165, 1.54) is 6.20 Å². The van der Waals surface area contributed by atoms with E-state index in [9.17, 15) is 9.59 Å². The van der Waals surface area contributed by atoms with E-state index >= 15 is 0 Å². The van der Waals surface area contributed by atoms with Crippen molar-refractivity contribution in [2.45, 2.75) is 32.2 Å². The lowest BCUT2D eigenvalue weighted by atomic mass is 9.97. The van der Waals surface area contributed by atoms with Crippen molar-refractivity contribution in [2.75, 3.05) is 13.1 Å². The molecule has 1 aromatic carbocycles. The molecule has 2 aromatic heterocycles. The number of likely N-dealkylation sites (tertiary alicyclic amines) is 1. The number of H-pyrrole nitrogens is 1. The first-order chi connectivity index (χ1) is 14.1. The first kappa shape index (κ1) is 19.2. The summed E-state index contributed by atoms with van der Waals surface area (Å²) in [6, 6.07) is 10.8. The fraction of sp³-hybridized carbons (Fsp3) is 0.348. The molecule has 1 saturated heterocycles. The van der Waals surface area contributed by atoms with Crippen LogP contribution in [0.4, 0.5) is 0 Å². The van der Waals surface area contributed by atoms with Gasteiger partial charge in [0.25, 0.3) is 5.91 Å². The van der Waals surface area contributed by atoms with Crippen LogP contribution in [0.5, 0.6) is 0 Å². The summed E-state index contributed by atoms with van der Waals surface area (Å²) in [6.45, 7) is 3.70. The number of carbonyl (C=O) groups is 2. The van der Waals surface area contributed by atoms with Gasteiger partial charge in [0.15, 0.2) is 0 Å². The molecule has 3 heterocycles. The van der Waals surface area contributed by atoms with Gasteiger partial charge in [0, 0.05) is 49.0 Å². The molecule has 6 nitrogen and oxygen atoms in total. The van der Waals surface area contributed by atoms with Gasteiger partial charge in [-0.15, -0.1) is 0 Å². The Bertz CT molecular complexity index is 990. The highest BCUT2D eigenvalue weighted by atomic mass is 16.2. The molecule has 6 heteroatoms. The molecular weight excluding hydrogens is 364 g/mol. The first-order valence-corrected chi connectivity index (χ1v) is 10.2. The largest absolute Gasteiger partial charge is 0.361 e. The molecule has 1 aliphatic rings. The highest BCUT2D eigenvalue weighted by molar-refractivity contribution is 5.97. The normalized spacial score (nSPS) is 16.0. The van der Waals surface area contributed by atoms with Crippen LogP contribution >= 0.6 is 0 Å². The smallest absolute Gasteiger partial charge is 0.253 e. The zero-order chi connectivity index (χ0) is 20.2. The van der Waals surface area contributed by atoms with E-state index < -0.39 is 6.04 Å². The number of hydrogen-bond acceptors (Lipinski definition) is 3. The van der Waals surface area contributed by atoms with Crippen molar-refractivity contribution >= 4 is 22.7 Å². The van der Waals surface area contributed by atoms with Crippen molar-refractivity contribution in [3.63, 3.8) is 0 Å². The molecule has 2 N–H and O–H groups in total. The Labute approximate surface area is 170 Å². The number of benzene rings is 1. The van der Waals surface area contributed by atoms with Crippen LogP contribution in [0.15, 0.2) is 55.0 Å². The minimum Gasteiger partial charge on any atom is -0.361 e. The standard InChI is InChI=1S/C23H26N4O2/c1-16-8-11-27(12-9-16)23(29)21(26-22(28)17-5-4-10-24-14-17)13-18-15-25-20-7-3-2-6-19(18)20/h2-7,10,14-16,21,25H,8-9,11-13H2,1H3,(H,26,28)/t21-/m0/s1. The SMILES string of the molecule is CC1CCN(C(=O)[C@H](Cc2c[nH]c3ccccc23)NC(=O)c2cccnc2)CC1. The highest BCUT2D eigenvalue weighted by Crippen LogP contribution is 2.21. The number of nitrogens with zero attached hydrogens (tertiary/aromatic N) is 2. The molecule has 3 aromatic rings. The van der Waals surface area contributed by atoms with Crippen LogP contribution in [-0.2, 0) is 11.2 Å². The fourth-order valence-corrected chi connectivity index (χ4v) is 3.91. The Kier molecular flexibility index (Phi) is 5.60. The van der Waals surface area contributed by atoms with Crippen molar-refractivity contribution in [3.8, 4) is 0 Å². The van der Waals surface area contributed by atoms with Crippen molar-refractivity contribution < 1.29 is 9.59 Å². The summed E-state index contributed by atoms with van der Waals surface area (Å²) in [5, 5.41) is 4.04. The molecule has 2 amide bonds. The molecule has 150 valence electrons. The van der Waals surface area contributed by atoms with Crippen LogP contribution < -0.4 is 5.32 Å². The molecule has 0 radical (unpaired) electrons. The molecule has 1 fully saturated rings. The molecular formula is C23H26N4O2. The predicted octanol–water partition coefficient (Wildman–Crippen LogP) is 3.16. The Balaban J connectivity index is 1.57. The Hall–Kier alpha value is -3.15. The van der Waals surface area contributed by atoms with Crippen LogP contribution in [0.2, 0.25) is 0 Å². The van der Waals surface area contributed by atoms with Crippen LogP contribution in [0, 0.1) is 5.92 Å². The van der Waals surface area contributed by atoms with Gasteiger partial charge in [-0.3, -0.25) is 14.6 Å². The van der Waals surface area contributed by atoms with E-state index in [-0.39, 0.29) is 11.8 Å². The van der Waals surface area contributed by atoms with Gasteiger partial charge in [0.05, 0.1) is 5.56 Å². The van der Waals surface area contributed by atoms with E-state index in [1.807, 2.05) is 35.4 Å². The number of para-hydroxylation sites is 1. The number of carbonyl (C=O) groups excluding carboxylic acids is 2. The lowest BCUT2D eigenvalue weighted by Crippen LogP contribution is -2.51. The maximum atomic E-state index is 13.3. The molecule has 1 aliphatic heterocycles. The van der Waals surface area contributed by atoms with Crippen molar-refractivity contribution in [3.05, 3.63) is 66.1 Å². The number of nitrogens with one attached hydrogen (secondary N) is 2. The molecule has 0 spiro atoms. The van der Waals surface area contributed by atoms with Gasteiger partial charge in [-0.05, 0) is 42.5 Å². The number of fused-ring (bicyclic) bond motifs is 1. The third-order valence-electron chi connectivity index (χ3n) is 5.72. The van der Waals surface area contributed by atoms with Crippen LogP contribution in [0.1, 0.15) is 35.7 Å². The van der Waals surface area contributed by atoms with Gasteiger partial charge in [-0.2, -0.15) is 0 Å². The number of aromatic nitrogens is 2. The predicted molar refractivity (Wildman–Crippen MR) is 112 cm³/mol. The summed E-state index contributed by atoms with van der Waals surface area (Å²) in [7, 11) is 0. The lowest BCUT2D eigenvalue weighted by Gasteiger charge is -2.33. The first-order valence-electron chi connectivity index (χ1n) is 10.2. The maximum absolute atomic E-state index is 13.3. The molecule has 0 unspecified atom stereocenters. The highest BCUT2D eigenvalue weighted by Gasteiger charge is 2.29. The summed E-state index contributed by atoms with van der Waals surface area (Å²) in [5.41, 5.74) is 2.51. The van der Waals surface area contributed by atoms with E-state index in [1.54, 1.807) is 18.3 Å². The Morgan fingerprint density at radius 3 is 2.76 bits per heavy atom. The summed E-state index contributed by atoms with van der Waals surface area (Å²) < 4.78 is 0. The van der Waals surface area contributed by atoms with Gasteiger partial charge in [-0.1, -0.05) is 25.1 Å². The number of amides is 2. The van der Waals surface area contributed by atoms with E-state index in [4.69, 9.17) is 0 Å². The fourth-order valence-electron chi connectivity index (χ4n) is 3.91. The summed E-state index contributed by atoms with van der Waals surface area (Å²) in [6.07, 6.45) is 7.52. The second-order valence-corrected chi connectivity index (χ2v) is 7.84. The van der Waals surface area contributed by atoms with Gasteiger partial charge < -0.3 is 15.2 Å². The summed E-state index contributed by atoms with van der Waals surface area (Å²) in [4.78, 5) is 35.2. The second-order valence-electron chi connectivity index (χ2n) is 7.84. The van der Waals surface area contributed by atoms with Crippen molar-refractivity contribution in [2.24, 2.45) is 5.92 Å². The summed E-state index contributed by atoms with van der Waals surface area (Å²) in [5.74, 6) is 0.345. The maximum Gasteiger partial charge on any atom is 0.253 e. The van der Waals surface area contributed by atoms with Crippen molar-refractivity contribution in [1.82, 2.24) is 20.2 Å². The summed E-state index contributed by atoms with van der Waals surface area (Å²) >= 11 is 0. The van der Waals surface area contributed by atoms with Gasteiger partial charge >= 0.3 is 0 Å². The lowest BCUT2D eigenvalue weighted by molar-refractivity contribution is -0.134. The average molecular weight is 390 g/mol. The zero-order valence-electron chi connectivity index (χ0n) is 16.6. The van der Waals surface area contributed by atoms with E-state index in [0.29, 0.717) is 17.9 Å². The molecule has 1 atom stereocenters. The van der Waals surface area contributed by atoms with Gasteiger partial charge in [0.2, 0.25) is 5.91 Å². The average Bonchev–Trinajstić information content (AvgIpc) is 3.17. The number of hydrogen-bond donors (Lipinski definition) is 2. The van der Waals surface area contributed by atoms with Crippen LogP contribution in [0.3, 0.4) is 0 Å². The molecule has 0 saturated carbocycles. The minimum absolute atomic E-state index is 0.0144. The Morgan fingerprint density at radius 1 is 1.21 bits per heavy atom. The number of pyridine rings is 1. The van der Waals surface area contributed by atoms with Gasteiger partial charge in [0.1, 0.15) is 6.04 Å². The number of rotatable bonds is 5. The van der Waals surface area contributed by atoms with E-state index in [0.717, 1.165) is 42.4 Å². The van der Waals surface area contributed by atoms with Gasteiger partial charge in [-0.25, -0.2) is 0 Å². The zero-order valence-corrected chi connectivity index (χ0v) is 16.6. The number of aromatic amines is 1. The second kappa shape index (κ2) is 8.47. The Morgan fingerprint density at radius 2 is 2.00 bits per heavy atom. The molecule has 0 bridgehead atoms. The quantitative estimate of drug-likeness (QED) is 0.702. The monoisotopic (exact) mass is 390 g/mol. The molecule has 4 rings (SSSR count). The third kappa shape index (κ3) is 4.31. The minimum atomic E-state index is -0.615. The van der Waals surface area contributed by atoms with Crippen molar-refractivity contribution in [1.29, 1.82) is 0 Å². The third-order valence-corrected chi connectivity index (χ3v) is 5.72. The molecule has 0 aliphatic carbocycles. The van der Waals surface area contributed by atoms with E-state index in [2.05, 4.69) is 22.2 Å². The molecule has 29 heavy (non-hydrogen) atoms. The van der Waals surface area contributed by atoms with Crippen LogP contribution in [-0.4, -0.2) is 45.8 Å². The topological polar surface area (TPSA) is 78.1 Å². The van der Waals surface area contributed by atoms with Crippen LogP contribution in [0.25, 0.3) is 10.9 Å². The number of piperidine rings is 1.